The molecule has 0 saturated carbocycles. The van der Waals surface area contributed by atoms with Gasteiger partial charge in [0.2, 0.25) is 0 Å². The quantitative estimate of drug-likeness (QED) is 0.780. The van der Waals surface area contributed by atoms with Crippen molar-refractivity contribution in [3.05, 3.63) is 35.4 Å². The minimum absolute atomic E-state index is 0.117. The van der Waals surface area contributed by atoms with Crippen molar-refractivity contribution in [3.8, 4) is 0 Å². The lowest BCUT2D eigenvalue weighted by molar-refractivity contribution is 0.0773. The van der Waals surface area contributed by atoms with Gasteiger partial charge in [-0.15, -0.1) is 0 Å². The molecule has 0 fully saturated rings. The molecule has 0 aliphatic carbocycles. The average molecular weight is 234 g/mol. The lowest BCUT2D eigenvalue weighted by atomic mass is 10.1. The highest BCUT2D eigenvalue weighted by atomic mass is 16.2. The van der Waals surface area contributed by atoms with E-state index in [0.29, 0.717) is 0 Å². The molecular formula is C14H22N2O. The standard InChI is InChI=1S/C14H22N2O/c1-5-16(6-2)14(17)13-9-7-12(8-10-13)11-15(3)4/h7-10H,5-6,11H2,1-4H3. The molecule has 1 aromatic rings. The fraction of sp³-hybridized carbons (Fsp3) is 0.500. The summed E-state index contributed by atoms with van der Waals surface area (Å²) < 4.78 is 0. The first-order valence-electron chi connectivity index (χ1n) is 6.11. The van der Waals surface area contributed by atoms with Crippen molar-refractivity contribution in [2.45, 2.75) is 20.4 Å². The Kier molecular flexibility index (Phi) is 5.16. The van der Waals surface area contributed by atoms with E-state index < -0.39 is 0 Å². The average Bonchev–Trinajstić information content (AvgIpc) is 2.30. The highest BCUT2D eigenvalue weighted by Gasteiger charge is 2.11. The summed E-state index contributed by atoms with van der Waals surface area (Å²) in [5, 5.41) is 0. The van der Waals surface area contributed by atoms with Gasteiger partial charge in [-0.2, -0.15) is 0 Å². The Morgan fingerprint density at radius 2 is 1.59 bits per heavy atom. The summed E-state index contributed by atoms with van der Waals surface area (Å²) in [6, 6.07) is 7.88. The molecule has 94 valence electrons. The molecule has 0 heterocycles. The van der Waals surface area contributed by atoms with Gasteiger partial charge in [0, 0.05) is 25.2 Å². The maximum Gasteiger partial charge on any atom is 0.253 e. The molecule has 0 saturated heterocycles. The van der Waals surface area contributed by atoms with Gasteiger partial charge in [0.1, 0.15) is 0 Å². The summed E-state index contributed by atoms with van der Waals surface area (Å²) in [7, 11) is 4.07. The normalized spacial score (nSPS) is 10.6. The van der Waals surface area contributed by atoms with Crippen LogP contribution in [0.3, 0.4) is 0 Å². The monoisotopic (exact) mass is 234 g/mol. The predicted molar refractivity (Wildman–Crippen MR) is 71.1 cm³/mol. The number of rotatable bonds is 5. The fourth-order valence-electron chi connectivity index (χ4n) is 1.81. The van der Waals surface area contributed by atoms with Crippen LogP contribution in [0.25, 0.3) is 0 Å². The van der Waals surface area contributed by atoms with E-state index in [4.69, 9.17) is 0 Å². The zero-order chi connectivity index (χ0) is 12.8. The van der Waals surface area contributed by atoms with Gasteiger partial charge < -0.3 is 9.80 Å². The zero-order valence-corrected chi connectivity index (χ0v) is 11.2. The number of carbonyl (C=O) groups is 1. The number of amides is 1. The van der Waals surface area contributed by atoms with Crippen LogP contribution < -0.4 is 0 Å². The molecule has 1 aromatic carbocycles. The second-order valence-electron chi connectivity index (χ2n) is 4.41. The van der Waals surface area contributed by atoms with Crippen LogP contribution in [0.2, 0.25) is 0 Å². The smallest absolute Gasteiger partial charge is 0.253 e. The Morgan fingerprint density at radius 3 is 2.00 bits per heavy atom. The minimum atomic E-state index is 0.117. The van der Waals surface area contributed by atoms with E-state index in [1.165, 1.54) is 5.56 Å². The van der Waals surface area contributed by atoms with Crippen LogP contribution in [0.4, 0.5) is 0 Å². The molecule has 0 N–H and O–H groups in total. The van der Waals surface area contributed by atoms with Crippen LogP contribution in [0, 0.1) is 0 Å². The van der Waals surface area contributed by atoms with Crippen molar-refractivity contribution >= 4 is 5.91 Å². The van der Waals surface area contributed by atoms with Crippen molar-refractivity contribution < 1.29 is 4.79 Å². The van der Waals surface area contributed by atoms with E-state index in [1.54, 1.807) is 0 Å². The maximum atomic E-state index is 12.1. The number of benzene rings is 1. The molecule has 0 aliphatic heterocycles. The van der Waals surface area contributed by atoms with Gasteiger partial charge in [0.15, 0.2) is 0 Å². The molecule has 0 aromatic heterocycles. The Labute approximate surface area is 104 Å². The van der Waals surface area contributed by atoms with Crippen LogP contribution in [0.15, 0.2) is 24.3 Å². The van der Waals surface area contributed by atoms with Crippen molar-refractivity contribution in [2.24, 2.45) is 0 Å². The summed E-state index contributed by atoms with van der Waals surface area (Å²) in [5.74, 6) is 0.117. The summed E-state index contributed by atoms with van der Waals surface area (Å²) >= 11 is 0. The van der Waals surface area contributed by atoms with Gasteiger partial charge in [-0.25, -0.2) is 0 Å². The van der Waals surface area contributed by atoms with Crippen LogP contribution in [-0.2, 0) is 6.54 Å². The lowest BCUT2D eigenvalue weighted by Gasteiger charge is -2.18. The van der Waals surface area contributed by atoms with Crippen molar-refractivity contribution in [2.75, 3.05) is 27.2 Å². The minimum Gasteiger partial charge on any atom is -0.339 e. The highest BCUT2D eigenvalue weighted by molar-refractivity contribution is 5.94. The largest absolute Gasteiger partial charge is 0.339 e. The third-order valence-corrected chi connectivity index (χ3v) is 2.75. The second-order valence-corrected chi connectivity index (χ2v) is 4.41. The van der Waals surface area contributed by atoms with Crippen LogP contribution in [-0.4, -0.2) is 42.9 Å². The zero-order valence-electron chi connectivity index (χ0n) is 11.2. The number of hydrogen-bond acceptors (Lipinski definition) is 2. The first-order valence-corrected chi connectivity index (χ1v) is 6.11. The Balaban J connectivity index is 2.76. The first-order chi connectivity index (χ1) is 8.08. The van der Waals surface area contributed by atoms with Crippen molar-refractivity contribution in [3.63, 3.8) is 0 Å². The molecule has 0 bridgehead atoms. The van der Waals surface area contributed by atoms with Gasteiger partial charge in [-0.1, -0.05) is 12.1 Å². The molecule has 0 atom stereocenters. The molecule has 0 radical (unpaired) electrons. The predicted octanol–water partition coefficient (Wildman–Crippen LogP) is 2.23. The molecule has 0 aliphatic rings. The first kappa shape index (κ1) is 13.7. The molecule has 3 nitrogen and oxygen atoms in total. The Morgan fingerprint density at radius 1 is 1.06 bits per heavy atom. The van der Waals surface area contributed by atoms with E-state index in [1.807, 2.05) is 57.1 Å². The molecular weight excluding hydrogens is 212 g/mol. The molecule has 0 unspecified atom stereocenters. The van der Waals surface area contributed by atoms with Crippen molar-refractivity contribution in [1.29, 1.82) is 0 Å². The second kappa shape index (κ2) is 6.40. The Hall–Kier alpha value is -1.35. The van der Waals surface area contributed by atoms with Gasteiger partial charge in [-0.3, -0.25) is 4.79 Å². The topological polar surface area (TPSA) is 23.6 Å². The van der Waals surface area contributed by atoms with Gasteiger partial charge >= 0.3 is 0 Å². The SMILES string of the molecule is CCN(CC)C(=O)c1ccc(CN(C)C)cc1. The highest BCUT2D eigenvalue weighted by Crippen LogP contribution is 2.09. The van der Waals surface area contributed by atoms with Crippen LogP contribution in [0.1, 0.15) is 29.8 Å². The number of hydrogen-bond donors (Lipinski definition) is 0. The van der Waals surface area contributed by atoms with Gasteiger partial charge in [0.25, 0.3) is 5.91 Å². The molecule has 0 spiro atoms. The van der Waals surface area contributed by atoms with E-state index in [0.717, 1.165) is 25.2 Å². The molecule has 3 heteroatoms. The molecule has 1 amide bonds. The Bertz CT molecular complexity index is 353. The summed E-state index contributed by atoms with van der Waals surface area (Å²) in [4.78, 5) is 16.0. The van der Waals surface area contributed by atoms with E-state index >= 15 is 0 Å². The fourth-order valence-corrected chi connectivity index (χ4v) is 1.81. The van der Waals surface area contributed by atoms with Gasteiger partial charge in [0.05, 0.1) is 0 Å². The van der Waals surface area contributed by atoms with E-state index in [9.17, 15) is 4.79 Å². The van der Waals surface area contributed by atoms with Gasteiger partial charge in [-0.05, 0) is 45.6 Å². The molecule has 17 heavy (non-hydrogen) atoms. The molecule has 1 rings (SSSR count). The summed E-state index contributed by atoms with van der Waals surface area (Å²) in [6.07, 6.45) is 0. The van der Waals surface area contributed by atoms with E-state index in [-0.39, 0.29) is 5.91 Å². The summed E-state index contributed by atoms with van der Waals surface area (Å²) in [5.41, 5.74) is 2.00. The van der Waals surface area contributed by atoms with Crippen molar-refractivity contribution in [1.82, 2.24) is 9.80 Å². The van der Waals surface area contributed by atoms with E-state index in [2.05, 4.69) is 4.90 Å². The summed E-state index contributed by atoms with van der Waals surface area (Å²) in [6.45, 7) is 6.42. The maximum absolute atomic E-state index is 12.1. The number of nitrogens with zero attached hydrogens (tertiary/aromatic N) is 2. The van der Waals surface area contributed by atoms with Crippen LogP contribution in [0.5, 0.6) is 0 Å². The third-order valence-electron chi connectivity index (χ3n) is 2.75. The third kappa shape index (κ3) is 3.86. The lowest BCUT2D eigenvalue weighted by Crippen LogP contribution is -2.30. The van der Waals surface area contributed by atoms with Crippen LogP contribution >= 0.6 is 0 Å². The number of carbonyl (C=O) groups excluding carboxylic acids is 1.